The Hall–Kier alpha value is -2.34. The number of aliphatic hydroxyl groups is 1. The summed E-state index contributed by atoms with van der Waals surface area (Å²) < 4.78 is 18.0. The van der Waals surface area contributed by atoms with Gasteiger partial charge in [0.25, 0.3) is 5.91 Å². The molecule has 1 amide bonds. The number of halogens is 1. The van der Waals surface area contributed by atoms with Crippen LogP contribution < -0.4 is 10.1 Å². The second-order valence-electron chi connectivity index (χ2n) is 5.14. The van der Waals surface area contributed by atoms with Crippen LogP contribution in [-0.4, -0.2) is 35.3 Å². The third-order valence-corrected chi connectivity index (χ3v) is 3.13. The third kappa shape index (κ3) is 4.33. The second-order valence-corrected chi connectivity index (χ2v) is 5.14. The Morgan fingerprint density at radius 2 is 2.05 bits per heavy atom. The molecule has 3 N–H and O–H groups in total. The Morgan fingerprint density at radius 3 is 2.64 bits per heavy atom. The molecule has 0 saturated carbocycles. The van der Waals surface area contributed by atoms with Crippen molar-refractivity contribution in [1.82, 2.24) is 10.3 Å². The Balaban J connectivity index is 1.77. The van der Waals surface area contributed by atoms with Crippen LogP contribution in [-0.2, 0) is 0 Å². The third-order valence-electron chi connectivity index (χ3n) is 3.13. The van der Waals surface area contributed by atoms with Gasteiger partial charge in [0.15, 0.2) is 0 Å². The van der Waals surface area contributed by atoms with Crippen molar-refractivity contribution in [2.75, 3.05) is 13.2 Å². The van der Waals surface area contributed by atoms with Gasteiger partial charge in [0.2, 0.25) is 0 Å². The number of hydrogen-bond donors (Lipinski definition) is 3. The number of carbonyl (C=O) groups excluding carboxylic acids is 1. The van der Waals surface area contributed by atoms with Crippen molar-refractivity contribution in [1.29, 1.82) is 0 Å². The number of nitrogens with one attached hydrogen (secondary N) is 2. The Kier molecular flexibility index (Phi) is 5.16. The SMILES string of the molecule is Cc1cc(C)c(C(=O)NCC(O)COc2ccc(F)cc2)[nH]1. The summed E-state index contributed by atoms with van der Waals surface area (Å²) in [5.41, 5.74) is 2.25. The van der Waals surface area contributed by atoms with Gasteiger partial charge < -0.3 is 20.1 Å². The average molecular weight is 306 g/mol. The van der Waals surface area contributed by atoms with E-state index in [-0.39, 0.29) is 24.9 Å². The Bertz CT molecular complexity index is 637. The number of ether oxygens (including phenoxy) is 1. The minimum Gasteiger partial charge on any atom is -0.491 e. The lowest BCUT2D eigenvalue weighted by Crippen LogP contribution is -2.35. The highest BCUT2D eigenvalue weighted by Gasteiger charge is 2.13. The molecule has 0 aliphatic rings. The smallest absolute Gasteiger partial charge is 0.268 e. The number of carbonyl (C=O) groups is 1. The van der Waals surface area contributed by atoms with E-state index in [1.165, 1.54) is 24.3 Å². The van der Waals surface area contributed by atoms with Crippen molar-refractivity contribution in [2.24, 2.45) is 0 Å². The molecule has 2 aromatic rings. The van der Waals surface area contributed by atoms with Crippen LogP contribution in [0.25, 0.3) is 0 Å². The normalized spacial score (nSPS) is 12.0. The van der Waals surface area contributed by atoms with E-state index in [0.29, 0.717) is 11.4 Å². The summed E-state index contributed by atoms with van der Waals surface area (Å²) in [5.74, 6) is -0.161. The zero-order valence-electron chi connectivity index (χ0n) is 12.5. The number of aryl methyl sites for hydroxylation is 2. The lowest BCUT2D eigenvalue weighted by Gasteiger charge is -2.13. The fraction of sp³-hybridized carbons (Fsp3) is 0.312. The number of hydrogen-bond acceptors (Lipinski definition) is 3. The van der Waals surface area contributed by atoms with Gasteiger partial charge in [-0.05, 0) is 49.7 Å². The summed E-state index contributed by atoms with van der Waals surface area (Å²) >= 11 is 0. The number of rotatable bonds is 6. The largest absolute Gasteiger partial charge is 0.491 e. The summed E-state index contributed by atoms with van der Waals surface area (Å²) in [6.45, 7) is 3.79. The standard InChI is InChI=1S/C16H19FN2O3/c1-10-7-11(2)19-15(10)16(21)18-8-13(20)9-22-14-5-3-12(17)4-6-14/h3-7,13,19-20H,8-9H2,1-2H3,(H,18,21). The maximum Gasteiger partial charge on any atom is 0.268 e. The summed E-state index contributed by atoms with van der Waals surface area (Å²) in [5, 5.41) is 12.4. The van der Waals surface area contributed by atoms with Crippen molar-refractivity contribution in [3.63, 3.8) is 0 Å². The van der Waals surface area contributed by atoms with Gasteiger partial charge in [0.1, 0.15) is 30.0 Å². The summed E-state index contributed by atoms with van der Waals surface area (Å²) in [7, 11) is 0. The minimum atomic E-state index is -0.856. The molecule has 2 rings (SSSR count). The van der Waals surface area contributed by atoms with Gasteiger partial charge in [0, 0.05) is 12.2 Å². The lowest BCUT2D eigenvalue weighted by molar-refractivity contribution is 0.0839. The number of amides is 1. The first-order chi connectivity index (χ1) is 10.5. The number of aliphatic hydroxyl groups excluding tert-OH is 1. The molecule has 1 unspecified atom stereocenters. The molecule has 0 spiro atoms. The summed E-state index contributed by atoms with van der Waals surface area (Å²) in [6.07, 6.45) is -0.856. The minimum absolute atomic E-state index is 0.00858. The Labute approximate surface area is 128 Å². The van der Waals surface area contributed by atoms with Crippen molar-refractivity contribution >= 4 is 5.91 Å². The first-order valence-electron chi connectivity index (χ1n) is 6.96. The van der Waals surface area contributed by atoms with Gasteiger partial charge in [-0.25, -0.2) is 4.39 Å². The fourth-order valence-corrected chi connectivity index (χ4v) is 2.05. The van der Waals surface area contributed by atoms with Crippen LogP contribution in [0.3, 0.4) is 0 Å². The van der Waals surface area contributed by atoms with Gasteiger partial charge >= 0.3 is 0 Å². The van der Waals surface area contributed by atoms with E-state index in [1.807, 2.05) is 19.9 Å². The number of H-pyrrole nitrogens is 1. The predicted molar refractivity (Wildman–Crippen MR) is 80.5 cm³/mol. The molecule has 1 atom stereocenters. The molecular weight excluding hydrogens is 287 g/mol. The number of aromatic amines is 1. The maximum atomic E-state index is 12.7. The van der Waals surface area contributed by atoms with Crippen LogP contribution in [0.15, 0.2) is 30.3 Å². The zero-order valence-corrected chi connectivity index (χ0v) is 12.5. The quantitative estimate of drug-likeness (QED) is 0.763. The van der Waals surface area contributed by atoms with Crippen LogP contribution in [0.2, 0.25) is 0 Å². The highest BCUT2D eigenvalue weighted by atomic mass is 19.1. The van der Waals surface area contributed by atoms with E-state index in [2.05, 4.69) is 10.3 Å². The van der Waals surface area contributed by atoms with Crippen LogP contribution in [0.1, 0.15) is 21.7 Å². The van der Waals surface area contributed by atoms with Crippen molar-refractivity contribution in [3.8, 4) is 5.75 Å². The molecular formula is C16H19FN2O3. The van der Waals surface area contributed by atoms with Crippen molar-refractivity contribution in [2.45, 2.75) is 20.0 Å². The van der Waals surface area contributed by atoms with Gasteiger partial charge in [-0.3, -0.25) is 4.79 Å². The second kappa shape index (κ2) is 7.09. The molecule has 0 saturated heterocycles. The molecule has 1 aromatic heterocycles. The van der Waals surface area contributed by atoms with E-state index in [9.17, 15) is 14.3 Å². The Morgan fingerprint density at radius 1 is 1.36 bits per heavy atom. The van der Waals surface area contributed by atoms with Gasteiger partial charge in [-0.2, -0.15) is 0 Å². The van der Waals surface area contributed by atoms with E-state index in [1.54, 1.807) is 0 Å². The van der Waals surface area contributed by atoms with Gasteiger partial charge in [0.05, 0.1) is 0 Å². The van der Waals surface area contributed by atoms with Crippen LogP contribution in [0.4, 0.5) is 4.39 Å². The molecule has 6 heteroatoms. The summed E-state index contributed by atoms with van der Waals surface area (Å²) in [4.78, 5) is 14.9. The maximum absolute atomic E-state index is 12.7. The molecule has 0 bridgehead atoms. The first-order valence-corrected chi connectivity index (χ1v) is 6.96. The number of benzene rings is 1. The number of aromatic nitrogens is 1. The van der Waals surface area contributed by atoms with Gasteiger partial charge in [-0.1, -0.05) is 0 Å². The topological polar surface area (TPSA) is 74.3 Å². The molecule has 0 fully saturated rings. The van der Waals surface area contributed by atoms with Crippen molar-refractivity contribution < 1.29 is 19.0 Å². The average Bonchev–Trinajstić information content (AvgIpc) is 2.83. The van der Waals surface area contributed by atoms with Gasteiger partial charge in [-0.15, -0.1) is 0 Å². The van der Waals surface area contributed by atoms with Crippen molar-refractivity contribution in [3.05, 3.63) is 53.1 Å². The van der Waals surface area contributed by atoms with Crippen LogP contribution in [0, 0.1) is 19.7 Å². The highest BCUT2D eigenvalue weighted by Crippen LogP contribution is 2.11. The van der Waals surface area contributed by atoms with Crippen LogP contribution in [0.5, 0.6) is 5.75 Å². The molecule has 5 nitrogen and oxygen atoms in total. The molecule has 118 valence electrons. The van der Waals surface area contributed by atoms with E-state index in [4.69, 9.17) is 4.74 Å². The highest BCUT2D eigenvalue weighted by molar-refractivity contribution is 5.94. The molecule has 22 heavy (non-hydrogen) atoms. The monoisotopic (exact) mass is 306 g/mol. The zero-order chi connectivity index (χ0) is 16.1. The fourth-order valence-electron chi connectivity index (χ4n) is 2.05. The molecule has 1 aromatic carbocycles. The van der Waals surface area contributed by atoms with E-state index >= 15 is 0 Å². The molecule has 1 heterocycles. The molecule has 0 radical (unpaired) electrons. The van der Waals surface area contributed by atoms with E-state index in [0.717, 1.165) is 11.3 Å². The van der Waals surface area contributed by atoms with Crippen LogP contribution >= 0.6 is 0 Å². The molecule has 0 aliphatic carbocycles. The first kappa shape index (κ1) is 16.0. The molecule has 0 aliphatic heterocycles. The van der Waals surface area contributed by atoms with E-state index < -0.39 is 6.10 Å². The summed E-state index contributed by atoms with van der Waals surface area (Å²) in [6, 6.07) is 7.39. The lowest BCUT2D eigenvalue weighted by atomic mass is 10.2. The predicted octanol–water partition coefficient (Wildman–Crippen LogP) is 1.94.